The molecule has 0 spiro atoms. The summed E-state index contributed by atoms with van der Waals surface area (Å²) >= 11 is 0. The van der Waals surface area contributed by atoms with Crippen LogP contribution in [0.3, 0.4) is 0 Å². The van der Waals surface area contributed by atoms with Crippen LogP contribution in [0.2, 0.25) is 0 Å². The van der Waals surface area contributed by atoms with Crippen molar-refractivity contribution in [1.29, 1.82) is 0 Å². The van der Waals surface area contributed by atoms with Gasteiger partial charge in [0.1, 0.15) is 23.8 Å². The van der Waals surface area contributed by atoms with E-state index in [-0.39, 0.29) is 11.8 Å². The van der Waals surface area contributed by atoms with Crippen LogP contribution in [0, 0.1) is 0 Å². The Morgan fingerprint density at radius 1 is 1.07 bits per heavy atom. The van der Waals surface area contributed by atoms with E-state index in [1.54, 1.807) is 26.3 Å². The molecule has 8 heteroatoms. The normalized spacial score (nSPS) is 13.7. The van der Waals surface area contributed by atoms with Gasteiger partial charge in [0, 0.05) is 45.0 Å². The molecule has 1 fully saturated rings. The summed E-state index contributed by atoms with van der Waals surface area (Å²) in [6.07, 6.45) is 1.63. The minimum atomic E-state index is -0.243. The van der Waals surface area contributed by atoms with Crippen molar-refractivity contribution in [3.05, 3.63) is 48.3 Å². The fourth-order valence-electron chi connectivity index (χ4n) is 3.12. The van der Waals surface area contributed by atoms with Crippen molar-refractivity contribution >= 4 is 17.5 Å². The van der Waals surface area contributed by atoms with E-state index >= 15 is 0 Å². The average molecular weight is 398 g/mol. The quantitative estimate of drug-likeness (QED) is 0.713. The Bertz CT molecular complexity index is 833. The van der Waals surface area contributed by atoms with Crippen LogP contribution in [0.5, 0.6) is 11.5 Å². The van der Waals surface area contributed by atoms with E-state index in [1.165, 1.54) is 0 Å². The number of rotatable bonds is 7. The van der Waals surface area contributed by atoms with Crippen LogP contribution in [-0.4, -0.2) is 68.1 Å². The predicted molar refractivity (Wildman–Crippen MR) is 110 cm³/mol. The van der Waals surface area contributed by atoms with Crippen molar-refractivity contribution in [2.24, 2.45) is 0 Å². The topological polar surface area (TPSA) is 84.0 Å². The van der Waals surface area contributed by atoms with Crippen LogP contribution < -0.4 is 19.7 Å². The Morgan fingerprint density at radius 2 is 1.76 bits per heavy atom. The molecular formula is C21H26N4O4. The number of carbonyl (C=O) groups is 2. The number of piperazine rings is 1. The molecule has 2 aromatic rings. The van der Waals surface area contributed by atoms with Gasteiger partial charge < -0.3 is 24.6 Å². The van der Waals surface area contributed by atoms with Crippen LogP contribution in [0.25, 0.3) is 0 Å². The molecule has 3 rings (SSSR count). The summed E-state index contributed by atoms with van der Waals surface area (Å²) in [5.41, 5.74) is 1.30. The number of hydrogen-bond donors (Lipinski definition) is 1. The molecular weight excluding hydrogens is 372 g/mol. The molecule has 1 aromatic carbocycles. The maximum Gasteiger partial charge on any atom is 0.270 e. The Balaban J connectivity index is 1.47. The summed E-state index contributed by atoms with van der Waals surface area (Å²) < 4.78 is 10.7. The lowest BCUT2D eigenvalue weighted by atomic mass is 10.2. The van der Waals surface area contributed by atoms with Crippen molar-refractivity contribution < 1.29 is 19.1 Å². The molecule has 0 aliphatic carbocycles. The number of nitrogens with zero attached hydrogens (tertiary/aromatic N) is 3. The minimum Gasteiger partial charge on any atom is -0.497 e. The molecule has 8 nitrogen and oxygen atoms in total. The first-order chi connectivity index (χ1) is 14.1. The number of nitrogens with one attached hydrogen (secondary N) is 1. The van der Waals surface area contributed by atoms with E-state index in [2.05, 4.69) is 15.2 Å². The van der Waals surface area contributed by atoms with E-state index in [0.717, 1.165) is 24.5 Å². The zero-order chi connectivity index (χ0) is 20.6. The van der Waals surface area contributed by atoms with Crippen molar-refractivity contribution in [2.45, 2.75) is 6.92 Å². The number of anilines is 1. The molecule has 0 unspecified atom stereocenters. The van der Waals surface area contributed by atoms with Gasteiger partial charge in [-0.15, -0.1) is 0 Å². The summed E-state index contributed by atoms with van der Waals surface area (Å²) in [5.74, 6) is 1.33. The van der Waals surface area contributed by atoms with Crippen molar-refractivity contribution in [3.63, 3.8) is 0 Å². The number of carbonyl (C=O) groups excluding carboxylic acids is 2. The summed E-state index contributed by atoms with van der Waals surface area (Å²) in [7, 11) is 1.61. The number of aromatic nitrogens is 1. The van der Waals surface area contributed by atoms with Gasteiger partial charge in [0.05, 0.1) is 13.7 Å². The third-order valence-corrected chi connectivity index (χ3v) is 4.78. The summed E-state index contributed by atoms with van der Waals surface area (Å²) in [6, 6.07) is 10.9. The third-order valence-electron chi connectivity index (χ3n) is 4.78. The molecule has 2 heterocycles. The summed E-state index contributed by atoms with van der Waals surface area (Å²) in [5, 5.41) is 2.82. The van der Waals surface area contributed by atoms with Gasteiger partial charge in [0.2, 0.25) is 5.91 Å². The number of pyridine rings is 1. The number of benzene rings is 1. The highest BCUT2D eigenvalue weighted by Gasteiger charge is 2.19. The van der Waals surface area contributed by atoms with E-state index < -0.39 is 0 Å². The molecule has 1 saturated heterocycles. The van der Waals surface area contributed by atoms with Crippen molar-refractivity contribution in [1.82, 2.24) is 15.2 Å². The SMILES string of the molecule is COc1ccc(OCCNC(=O)c2cc(N3CCN(C(C)=O)CC3)ccn2)cc1. The first-order valence-corrected chi connectivity index (χ1v) is 9.58. The summed E-state index contributed by atoms with van der Waals surface area (Å²) in [4.78, 5) is 32.0. The van der Waals surface area contributed by atoms with Gasteiger partial charge >= 0.3 is 0 Å². The Hall–Kier alpha value is -3.29. The molecule has 0 saturated carbocycles. The monoisotopic (exact) mass is 398 g/mol. The maximum atomic E-state index is 12.4. The number of ether oxygens (including phenoxy) is 2. The molecule has 0 bridgehead atoms. The highest BCUT2D eigenvalue weighted by molar-refractivity contribution is 5.93. The molecule has 29 heavy (non-hydrogen) atoms. The molecule has 2 amide bonds. The van der Waals surface area contributed by atoms with Crippen molar-refractivity contribution in [3.8, 4) is 11.5 Å². The minimum absolute atomic E-state index is 0.0938. The molecule has 1 aliphatic heterocycles. The molecule has 0 radical (unpaired) electrons. The second-order valence-electron chi connectivity index (χ2n) is 6.67. The van der Waals surface area contributed by atoms with E-state index in [4.69, 9.17) is 9.47 Å². The van der Waals surface area contributed by atoms with E-state index in [9.17, 15) is 9.59 Å². The zero-order valence-electron chi connectivity index (χ0n) is 16.8. The largest absolute Gasteiger partial charge is 0.497 e. The van der Waals surface area contributed by atoms with Crippen LogP contribution in [0.1, 0.15) is 17.4 Å². The van der Waals surface area contributed by atoms with Crippen LogP contribution >= 0.6 is 0 Å². The second-order valence-corrected chi connectivity index (χ2v) is 6.67. The highest BCUT2D eigenvalue weighted by atomic mass is 16.5. The standard InChI is InChI=1S/C21H26N4O4/c1-16(26)24-10-12-25(13-11-24)17-7-8-22-20(15-17)21(27)23-9-14-29-19-5-3-18(28-2)4-6-19/h3-8,15H,9-14H2,1-2H3,(H,23,27). The Kier molecular flexibility index (Phi) is 6.89. The smallest absolute Gasteiger partial charge is 0.270 e. The predicted octanol–water partition coefficient (Wildman–Crippen LogP) is 1.57. The third kappa shape index (κ3) is 5.60. The van der Waals surface area contributed by atoms with Gasteiger partial charge in [-0.25, -0.2) is 0 Å². The first-order valence-electron chi connectivity index (χ1n) is 9.58. The molecule has 1 aliphatic rings. The van der Waals surface area contributed by atoms with Gasteiger partial charge in [0.15, 0.2) is 0 Å². The fourth-order valence-corrected chi connectivity index (χ4v) is 3.12. The van der Waals surface area contributed by atoms with E-state index in [0.29, 0.717) is 37.7 Å². The van der Waals surface area contributed by atoms with Gasteiger partial charge in [-0.1, -0.05) is 0 Å². The number of hydrogen-bond acceptors (Lipinski definition) is 6. The Labute approximate surface area is 170 Å². The number of amides is 2. The second kappa shape index (κ2) is 9.77. The lowest BCUT2D eigenvalue weighted by Gasteiger charge is -2.35. The average Bonchev–Trinajstić information content (AvgIpc) is 2.77. The molecule has 1 N–H and O–H groups in total. The molecule has 0 atom stereocenters. The lowest BCUT2D eigenvalue weighted by molar-refractivity contribution is -0.129. The van der Waals surface area contributed by atoms with Gasteiger partial charge in [-0.3, -0.25) is 14.6 Å². The van der Waals surface area contributed by atoms with Gasteiger partial charge in [0.25, 0.3) is 5.91 Å². The van der Waals surface area contributed by atoms with Gasteiger partial charge in [-0.2, -0.15) is 0 Å². The summed E-state index contributed by atoms with van der Waals surface area (Å²) in [6.45, 7) is 5.15. The van der Waals surface area contributed by atoms with Gasteiger partial charge in [-0.05, 0) is 36.4 Å². The van der Waals surface area contributed by atoms with E-state index in [1.807, 2.05) is 35.2 Å². The lowest BCUT2D eigenvalue weighted by Crippen LogP contribution is -2.48. The fraction of sp³-hybridized carbons (Fsp3) is 0.381. The zero-order valence-corrected chi connectivity index (χ0v) is 16.8. The van der Waals surface area contributed by atoms with Crippen LogP contribution in [-0.2, 0) is 4.79 Å². The Morgan fingerprint density at radius 3 is 2.41 bits per heavy atom. The van der Waals surface area contributed by atoms with Crippen LogP contribution in [0.4, 0.5) is 5.69 Å². The number of methoxy groups -OCH3 is 1. The molecule has 154 valence electrons. The maximum absolute atomic E-state index is 12.4. The first kappa shape index (κ1) is 20.4. The van der Waals surface area contributed by atoms with Crippen molar-refractivity contribution in [2.75, 3.05) is 51.3 Å². The molecule has 1 aromatic heterocycles. The van der Waals surface area contributed by atoms with Crippen LogP contribution in [0.15, 0.2) is 42.6 Å². The highest BCUT2D eigenvalue weighted by Crippen LogP contribution is 2.18.